The van der Waals surface area contributed by atoms with Crippen molar-refractivity contribution in [3.05, 3.63) is 18.3 Å². The third-order valence-electron chi connectivity index (χ3n) is 2.07. The highest BCUT2D eigenvalue weighted by atomic mass is 32.2. The summed E-state index contributed by atoms with van der Waals surface area (Å²) in [6.45, 7) is 3.32. The van der Waals surface area contributed by atoms with Crippen LogP contribution in [0, 0.1) is 0 Å². The molecule has 1 heterocycles. The molecule has 0 aromatic carbocycles. The van der Waals surface area contributed by atoms with Gasteiger partial charge in [-0.1, -0.05) is 13.3 Å². The van der Waals surface area contributed by atoms with E-state index in [4.69, 9.17) is 10.5 Å². The van der Waals surface area contributed by atoms with Gasteiger partial charge in [-0.2, -0.15) is 0 Å². The Morgan fingerprint density at radius 3 is 3.00 bits per heavy atom. The van der Waals surface area contributed by atoms with Crippen LogP contribution in [0.2, 0.25) is 0 Å². The summed E-state index contributed by atoms with van der Waals surface area (Å²) in [5.41, 5.74) is 6.16. The molecule has 0 saturated carbocycles. The highest BCUT2D eigenvalue weighted by Gasteiger charge is 2.08. The van der Waals surface area contributed by atoms with Gasteiger partial charge in [0, 0.05) is 12.8 Å². The highest BCUT2D eigenvalue weighted by Crippen LogP contribution is 2.11. The summed E-state index contributed by atoms with van der Waals surface area (Å²) in [5, 5.41) is 0.460. The molecule has 0 spiro atoms. The van der Waals surface area contributed by atoms with E-state index in [-0.39, 0.29) is 0 Å². The smallest absolute Gasteiger partial charge is 0.150 e. The van der Waals surface area contributed by atoms with Gasteiger partial charge in [-0.25, -0.2) is 4.98 Å². The maximum atomic E-state index is 11.8. The molecule has 0 aliphatic heterocycles. The van der Waals surface area contributed by atoms with Crippen molar-refractivity contribution in [2.45, 2.75) is 24.8 Å². The van der Waals surface area contributed by atoms with Gasteiger partial charge < -0.3 is 10.5 Å². The van der Waals surface area contributed by atoms with E-state index in [1.165, 1.54) is 0 Å². The van der Waals surface area contributed by atoms with Gasteiger partial charge in [-0.15, -0.1) is 0 Å². The van der Waals surface area contributed by atoms with Crippen LogP contribution in [0.15, 0.2) is 23.4 Å². The zero-order valence-corrected chi connectivity index (χ0v) is 10.3. The average molecular weight is 242 g/mol. The predicted octanol–water partition coefficient (Wildman–Crippen LogP) is 1.59. The third kappa shape index (κ3) is 4.28. The highest BCUT2D eigenvalue weighted by molar-refractivity contribution is 7.85. The molecule has 5 heteroatoms. The van der Waals surface area contributed by atoms with E-state index < -0.39 is 10.8 Å². The Labute approximate surface area is 98.7 Å². The lowest BCUT2D eigenvalue weighted by molar-refractivity contribution is 0.146. The van der Waals surface area contributed by atoms with E-state index in [1.807, 2.05) is 0 Å². The van der Waals surface area contributed by atoms with Crippen LogP contribution >= 0.6 is 0 Å². The lowest BCUT2D eigenvalue weighted by Crippen LogP contribution is -2.10. The number of hydrogen-bond donors (Lipinski definition) is 1. The van der Waals surface area contributed by atoms with Gasteiger partial charge in [0.15, 0.2) is 0 Å². The molecule has 0 aliphatic rings. The first-order valence-corrected chi connectivity index (χ1v) is 6.74. The molecule has 90 valence electrons. The Bertz CT molecular complexity index is 345. The molecule has 4 nitrogen and oxygen atoms in total. The predicted molar refractivity (Wildman–Crippen MR) is 65.7 cm³/mol. The second-order valence-corrected chi connectivity index (χ2v) is 4.90. The zero-order chi connectivity index (χ0) is 11.8. The topological polar surface area (TPSA) is 65.2 Å². The molecule has 1 rings (SSSR count). The fourth-order valence-corrected chi connectivity index (χ4v) is 2.15. The van der Waals surface area contributed by atoms with Crippen LogP contribution in [0.25, 0.3) is 0 Å². The van der Waals surface area contributed by atoms with E-state index in [9.17, 15) is 4.21 Å². The van der Waals surface area contributed by atoms with Crippen molar-refractivity contribution in [2.24, 2.45) is 0 Å². The Balaban J connectivity index is 2.33. The Kier molecular flexibility index (Phi) is 6.03. The monoisotopic (exact) mass is 242 g/mol. The number of nitrogens with zero attached hydrogens (tertiary/aromatic N) is 1. The fraction of sp³-hybridized carbons (Fsp3) is 0.545. The molecule has 16 heavy (non-hydrogen) atoms. The second kappa shape index (κ2) is 7.35. The molecule has 1 aromatic heterocycles. The third-order valence-corrected chi connectivity index (χ3v) is 3.38. The molecule has 0 radical (unpaired) electrons. The molecular formula is C11H18N2O2S. The molecule has 0 bridgehead atoms. The summed E-state index contributed by atoms with van der Waals surface area (Å²) in [6.07, 6.45) is 3.75. The van der Waals surface area contributed by atoms with Crippen molar-refractivity contribution in [2.75, 3.05) is 24.7 Å². The SMILES string of the molecule is CCCCOCCS(=O)c1ncccc1N. The standard InChI is InChI=1S/C11H18N2O2S/c1-2-3-7-15-8-9-16(14)11-10(12)5-4-6-13-11/h4-6H,2-3,7-9,12H2,1H3. The van der Waals surface area contributed by atoms with Crippen LogP contribution in [0.4, 0.5) is 5.69 Å². The summed E-state index contributed by atoms with van der Waals surface area (Å²) in [4.78, 5) is 4.01. The molecule has 2 N–H and O–H groups in total. The molecule has 0 amide bonds. The van der Waals surface area contributed by atoms with Gasteiger partial charge >= 0.3 is 0 Å². The van der Waals surface area contributed by atoms with Crippen LogP contribution in [-0.2, 0) is 15.5 Å². The minimum absolute atomic E-state index is 0.449. The quantitative estimate of drug-likeness (QED) is 0.737. The van der Waals surface area contributed by atoms with E-state index in [2.05, 4.69) is 11.9 Å². The number of aromatic nitrogens is 1. The molecule has 0 aliphatic carbocycles. The first-order valence-electron chi connectivity index (χ1n) is 5.42. The Morgan fingerprint density at radius 2 is 2.31 bits per heavy atom. The maximum Gasteiger partial charge on any atom is 0.150 e. The van der Waals surface area contributed by atoms with Gasteiger partial charge in [-0.05, 0) is 18.6 Å². The van der Waals surface area contributed by atoms with Gasteiger partial charge in [0.25, 0.3) is 0 Å². The number of pyridine rings is 1. The lowest BCUT2D eigenvalue weighted by Gasteiger charge is -2.05. The summed E-state index contributed by atoms with van der Waals surface area (Å²) >= 11 is 0. The van der Waals surface area contributed by atoms with Crippen LogP contribution in [0.3, 0.4) is 0 Å². The Hall–Kier alpha value is -0.940. The van der Waals surface area contributed by atoms with Gasteiger partial charge in [-0.3, -0.25) is 4.21 Å². The van der Waals surface area contributed by atoms with Crippen molar-refractivity contribution in [1.82, 2.24) is 4.98 Å². The van der Waals surface area contributed by atoms with E-state index in [1.54, 1.807) is 18.3 Å². The minimum atomic E-state index is -1.16. The van der Waals surface area contributed by atoms with Crippen LogP contribution < -0.4 is 5.73 Å². The van der Waals surface area contributed by atoms with Gasteiger partial charge in [0.1, 0.15) is 5.03 Å². The Morgan fingerprint density at radius 1 is 1.50 bits per heavy atom. The average Bonchev–Trinajstić information content (AvgIpc) is 2.29. The number of nitrogen functional groups attached to an aromatic ring is 1. The minimum Gasteiger partial charge on any atom is -0.396 e. The summed E-state index contributed by atoms with van der Waals surface area (Å²) in [5.74, 6) is 0.449. The maximum absolute atomic E-state index is 11.8. The first kappa shape index (κ1) is 13.1. The van der Waals surface area contributed by atoms with Crippen molar-refractivity contribution < 1.29 is 8.95 Å². The van der Waals surface area contributed by atoms with Crippen molar-refractivity contribution in [3.63, 3.8) is 0 Å². The summed E-state index contributed by atoms with van der Waals surface area (Å²) in [6, 6.07) is 3.44. The zero-order valence-electron chi connectivity index (χ0n) is 9.52. The first-order chi connectivity index (χ1) is 7.75. The summed E-state index contributed by atoms with van der Waals surface area (Å²) in [7, 11) is -1.16. The second-order valence-electron chi connectivity index (χ2n) is 3.41. The molecular weight excluding hydrogens is 224 g/mol. The van der Waals surface area contributed by atoms with Crippen molar-refractivity contribution in [1.29, 1.82) is 0 Å². The number of nitrogens with two attached hydrogens (primary N) is 1. The number of rotatable bonds is 7. The largest absolute Gasteiger partial charge is 0.396 e. The van der Waals surface area contributed by atoms with Crippen LogP contribution in [-0.4, -0.2) is 28.2 Å². The van der Waals surface area contributed by atoms with E-state index >= 15 is 0 Å². The molecule has 1 atom stereocenters. The van der Waals surface area contributed by atoms with Gasteiger partial charge in [0.05, 0.1) is 28.8 Å². The van der Waals surface area contributed by atoms with Crippen molar-refractivity contribution in [3.8, 4) is 0 Å². The summed E-state index contributed by atoms with van der Waals surface area (Å²) < 4.78 is 17.1. The molecule has 1 aromatic rings. The number of anilines is 1. The van der Waals surface area contributed by atoms with Crippen LogP contribution in [0.5, 0.6) is 0 Å². The van der Waals surface area contributed by atoms with Gasteiger partial charge in [0.2, 0.25) is 0 Å². The lowest BCUT2D eigenvalue weighted by atomic mass is 10.4. The van der Waals surface area contributed by atoms with E-state index in [0.29, 0.717) is 23.1 Å². The number of ether oxygens (including phenoxy) is 1. The van der Waals surface area contributed by atoms with Crippen molar-refractivity contribution >= 4 is 16.5 Å². The normalized spacial score (nSPS) is 12.6. The number of hydrogen-bond acceptors (Lipinski definition) is 4. The number of unbranched alkanes of at least 4 members (excludes halogenated alkanes) is 1. The van der Waals surface area contributed by atoms with E-state index in [0.717, 1.165) is 19.4 Å². The molecule has 1 unspecified atom stereocenters. The van der Waals surface area contributed by atoms with Crippen LogP contribution in [0.1, 0.15) is 19.8 Å². The molecule has 0 fully saturated rings. The fourth-order valence-electron chi connectivity index (χ4n) is 1.17. The molecule has 0 saturated heterocycles.